The number of rotatable bonds is 4. The summed E-state index contributed by atoms with van der Waals surface area (Å²) in [5.41, 5.74) is 6.20. The normalized spacial score (nSPS) is 19.4. The lowest BCUT2D eigenvalue weighted by atomic mass is 9.79. The van der Waals surface area contributed by atoms with Gasteiger partial charge in [0.1, 0.15) is 0 Å². The number of carbonyl (C=O) groups is 1. The number of fused-ring (bicyclic) bond motifs is 1. The molecule has 0 unspecified atom stereocenters. The number of ether oxygens (including phenoxy) is 3. The largest absolute Gasteiger partial charge is 0.489 e. The average Bonchev–Trinajstić information content (AvgIpc) is 2.86. The Balaban J connectivity index is 1.69. The van der Waals surface area contributed by atoms with Crippen LogP contribution in [0.15, 0.2) is 12.1 Å². The maximum atomic E-state index is 12.6. The molecule has 2 aliphatic heterocycles. The highest BCUT2D eigenvalue weighted by atomic mass is 35.5. The van der Waals surface area contributed by atoms with E-state index in [1.807, 2.05) is 6.07 Å². The van der Waals surface area contributed by atoms with Crippen molar-refractivity contribution >= 4 is 17.5 Å². The number of hydrogen-bond acceptors (Lipinski definition) is 5. The zero-order valence-electron chi connectivity index (χ0n) is 13.6. The van der Waals surface area contributed by atoms with E-state index in [2.05, 4.69) is 5.32 Å². The van der Waals surface area contributed by atoms with Gasteiger partial charge in [-0.2, -0.15) is 0 Å². The summed E-state index contributed by atoms with van der Waals surface area (Å²) in [6.45, 7) is 3.02. The number of nitrogens with two attached hydrogens (primary N) is 1. The van der Waals surface area contributed by atoms with Crippen LogP contribution in [0, 0.1) is 5.41 Å². The van der Waals surface area contributed by atoms with Gasteiger partial charge in [-0.15, -0.1) is 0 Å². The first-order chi connectivity index (χ1) is 11.6. The Labute approximate surface area is 146 Å². The van der Waals surface area contributed by atoms with E-state index in [9.17, 15) is 4.79 Å². The molecule has 1 saturated heterocycles. The van der Waals surface area contributed by atoms with Gasteiger partial charge in [0.05, 0.1) is 23.7 Å². The minimum absolute atomic E-state index is 0.0310. The minimum atomic E-state index is -0.534. The van der Waals surface area contributed by atoms with Crippen molar-refractivity contribution in [2.45, 2.75) is 25.8 Å². The van der Waals surface area contributed by atoms with Gasteiger partial charge in [0.15, 0.2) is 11.5 Å². The van der Waals surface area contributed by atoms with E-state index in [0.29, 0.717) is 68.9 Å². The summed E-state index contributed by atoms with van der Waals surface area (Å²) in [4.78, 5) is 12.6. The SMILES string of the molecule is NCC1(C(=O)NCc2cc(Cl)c3c(c2)OCCCO3)CCOCC1. The molecule has 6 nitrogen and oxygen atoms in total. The molecule has 3 N–H and O–H groups in total. The molecule has 0 atom stereocenters. The quantitative estimate of drug-likeness (QED) is 0.862. The highest BCUT2D eigenvalue weighted by Crippen LogP contribution is 2.38. The highest BCUT2D eigenvalue weighted by Gasteiger charge is 2.38. The highest BCUT2D eigenvalue weighted by molar-refractivity contribution is 6.32. The van der Waals surface area contributed by atoms with Crippen LogP contribution in [0.5, 0.6) is 11.5 Å². The zero-order chi connectivity index (χ0) is 17.0. The van der Waals surface area contributed by atoms with Gasteiger partial charge >= 0.3 is 0 Å². The smallest absolute Gasteiger partial charge is 0.227 e. The molecule has 1 aromatic carbocycles. The fraction of sp³-hybridized carbons (Fsp3) is 0.588. The van der Waals surface area contributed by atoms with Crippen LogP contribution in [0.1, 0.15) is 24.8 Å². The van der Waals surface area contributed by atoms with Gasteiger partial charge in [-0.25, -0.2) is 0 Å². The van der Waals surface area contributed by atoms with Gasteiger partial charge in [-0.3, -0.25) is 4.79 Å². The number of nitrogens with one attached hydrogen (secondary N) is 1. The topological polar surface area (TPSA) is 82.8 Å². The summed E-state index contributed by atoms with van der Waals surface area (Å²) < 4.78 is 16.6. The molecule has 132 valence electrons. The molecule has 0 spiro atoms. The lowest BCUT2D eigenvalue weighted by Crippen LogP contribution is -2.48. The molecular weight excluding hydrogens is 332 g/mol. The molecule has 7 heteroatoms. The van der Waals surface area contributed by atoms with Gasteiger partial charge in [-0.1, -0.05) is 11.6 Å². The molecular formula is C17H23ClN2O4. The Morgan fingerprint density at radius 2 is 1.96 bits per heavy atom. The molecule has 24 heavy (non-hydrogen) atoms. The second-order valence-electron chi connectivity index (χ2n) is 6.23. The van der Waals surface area contributed by atoms with Crippen molar-refractivity contribution in [3.8, 4) is 11.5 Å². The van der Waals surface area contributed by atoms with Crippen LogP contribution < -0.4 is 20.5 Å². The molecule has 1 aromatic rings. The Morgan fingerprint density at radius 1 is 1.21 bits per heavy atom. The first kappa shape index (κ1) is 17.3. The summed E-state index contributed by atoms with van der Waals surface area (Å²) in [5.74, 6) is 1.17. The molecule has 0 radical (unpaired) electrons. The number of carbonyl (C=O) groups excluding carboxylic acids is 1. The monoisotopic (exact) mass is 354 g/mol. The third kappa shape index (κ3) is 3.61. The van der Waals surface area contributed by atoms with Crippen molar-refractivity contribution in [2.24, 2.45) is 11.1 Å². The Morgan fingerprint density at radius 3 is 2.71 bits per heavy atom. The summed E-state index contributed by atoms with van der Waals surface area (Å²) in [7, 11) is 0. The molecule has 2 aliphatic rings. The first-order valence-electron chi connectivity index (χ1n) is 8.29. The van der Waals surface area contributed by atoms with Crippen molar-refractivity contribution in [3.05, 3.63) is 22.7 Å². The Kier molecular flexibility index (Phi) is 5.48. The molecule has 1 amide bonds. The van der Waals surface area contributed by atoms with E-state index >= 15 is 0 Å². The molecule has 0 aromatic heterocycles. The summed E-state index contributed by atoms with van der Waals surface area (Å²) in [6, 6.07) is 3.67. The van der Waals surface area contributed by atoms with Crippen LogP contribution in [-0.2, 0) is 16.1 Å². The van der Waals surface area contributed by atoms with Crippen molar-refractivity contribution in [1.82, 2.24) is 5.32 Å². The number of benzene rings is 1. The second-order valence-corrected chi connectivity index (χ2v) is 6.64. The fourth-order valence-electron chi connectivity index (χ4n) is 3.04. The molecule has 1 fully saturated rings. The van der Waals surface area contributed by atoms with Crippen molar-refractivity contribution < 1.29 is 19.0 Å². The van der Waals surface area contributed by atoms with E-state index in [0.717, 1.165) is 12.0 Å². The lowest BCUT2D eigenvalue weighted by molar-refractivity contribution is -0.136. The number of amides is 1. The molecule has 0 saturated carbocycles. The van der Waals surface area contributed by atoms with Gasteiger partial charge in [0, 0.05) is 32.7 Å². The second kappa shape index (κ2) is 7.59. The summed E-state index contributed by atoms with van der Waals surface area (Å²) in [5, 5.41) is 3.48. The third-order valence-corrected chi connectivity index (χ3v) is 4.92. The van der Waals surface area contributed by atoms with Crippen molar-refractivity contribution in [1.29, 1.82) is 0 Å². The van der Waals surface area contributed by atoms with E-state index in [1.54, 1.807) is 6.07 Å². The fourth-order valence-corrected chi connectivity index (χ4v) is 3.33. The molecule has 2 heterocycles. The van der Waals surface area contributed by atoms with Crippen molar-refractivity contribution in [3.63, 3.8) is 0 Å². The minimum Gasteiger partial charge on any atom is -0.489 e. The average molecular weight is 355 g/mol. The van der Waals surface area contributed by atoms with E-state index in [1.165, 1.54) is 0 Å². The molecule has 3 rings (SSSR count). The first-order valence-corrected chi connectivity index (χ1v) is 8.66. The van der Waals surface area contributed by atoms with E-state index in [4.69, 9.17) is 31.5 Å². The predicted molar refractivity (Wildman–Crippen MR) is 90.4 cm³/mol. The van der Waals surface area contributed by atoms with E-state index < -0.39 is 5.41 Å². The van der Waals surface area contributed by atoms with Gasteiger partial charge in [0.25, 0.3) is 0 Å². The molecule has 0 aliphatic carbocycles. The maximum absolute atomic E-state index is 12.6. The maximum Gasteiger partial charge on any atom is 0.227 e. The van der Waals surface area contributed by atoms with Gasteiger partial charge < -0.3 is 25.3 Å². The number of halogens is 1. The van der Waals surface area contributed by atoms with Crippen LogP contribution in [0.25, 0.3) is 0 Å². The summed E-state index contributed by atoms with van der Waals surface area (Å²) in [6.07, 6.45) is 2.12. The van der Waals surface area contributed by atoms with Crippen LogP contribution in [0.4, 0.5) is 0 Å². The van der Waals surface area contributed by atoms with Crippen LogP contribution in [0.2, 0.25) is 5.02 Å². The Bertz CT molecular complexity index is 602. The summed E-state index contributed by atoms with van der Waals surface area (Å²) >= 11 is 6.28. The van der Waals surface area contributed by atoms with Crippen LogP contribution in [-0.4, -0.2) is 38.9 Å². The predicted octanol–water partition coefficient (Wildman–Crippen LogP) is 1.87. The molecule has 0 bridgehead atoms. The van der Waals surface area contributed by atoms with Gasteiger partial charge in [0.2, 0.25) is 5.91 Å². The zero-order valence-corrected chi connectivity index (χ0v) is 14.4. The van der Waals surface area contributed by atoms with Crippen LogP contribution >= 0.6 is 11.6 Å². The van der Waals surface area contributed by atoms with Crippen LogP contribution in [0.3, 0.4) is 0 Å². The Hall–Kier alpha value is -1.50. The van der Waals surface area contributed by atoms with E-state index in [-0.39, 0.29) is 5.91 Å². The van der Waals surface area contributed by atoms with Crippen molar-refractivity contribution in [2.75, 3.05) is 33.0 Å². The van der Waals surface area contributed by atoms with Gasteiger partial charge in [-0.05, 0) is 30.5 Å². The lowest BCUT2D eigenvalue weighted by Gasteiger charge is -2.34. The number of hydrogen-bond donors (Lipinski definition) is 2. The third-order valence-electron chi connectivity index (χ3n) is 4.64. The standard InChI is InChI=1S/C17H23ClN2O4/c18-13-8-12(9-14-15(13)24-5-1-4-23-14)10-20-16(21)17(11-19)2-6-22-7-3-17/h8-9H,1-7,10-11,19H2,(H,20,21).